The average molecular weight is 413 g/mol. The zero-order chi connectivity index (χ0) is 22.1. The van der Waals surface area contributed by atoms with Gasteiger partial charge in [0.2, 0.25) is 11.9 Å². The SMILES string of the molecule is CCOC(=O)C(Cc1ccccc1-c1ccc(OC)c(C)c1)(NC=O)C(=O)OCC. The van der Waals surface area contributed by atoms with Crippen LogP contribution in [0, 0.1) is 6.92 Å². The van der Waals surface area contributed by atoms with Crippen molar-refractivity contribution in [2.75, 3.05) is 20.3 Å². The molecule has 0 spiro atoms. The molecule has 0 bridgehead atoms. The Kier molecular flexibility index (Phi) is 7.98. The van der Waals surface area contributed by atoms with E-state index < -0.39 is 17.5 Å². The zero-order valence-electron chi connectivity index (χ0n) is 17.7. The van der Waals surface area contributed by atoms with Crippen molar-refractivity contribution in [3.63, 3.8) is 0 Å². The summed E-state index contributed by atoms with van der Waals surface area (Å²) in [6.45, 7) is 5.30. The molecule has 30 heavy (non-hydrogen) atoms. The van der Waals surface area contributed by atoms with Gasteiger partial charge in [0.05, 0.1) is 20.3 Å². The summed E-state index contributed by atoms with van der Waals surface area (Å²) in [4.78, 5) is 37.0. The molecule has 0 aliphatic carbocycles. The van der Waals surface area contributed by atoms with Gasteiger partial charge in [-0.05, 0) is 55.2 Å². The Morgan fingerprint density at radius 1 is 1.03 bits per heavy atom. The third kappa shape index (κ3) is 4.79. The van der Waals surface area contributed by atoms with E-state index in [1.807, 2.05) is 37.3 Å². The molecule has 0 aromatic heterocycles. The van der Waals surface area contributed by atoms with Gasteiger partial charge in [-0.1, -0.05) is 30.3 Å². The molecule has 0 saturated carbocycles. The summed E-state index contributed by atoms with van der Waals surface area (Å²) < 4.78 is 15.6. The van der Waals surface area contributed by atoms with E-state index in [1.165, 1.54) is 0 Å². The second kappa shape index (κ2) is 10.4. The monoisotopic (exact) mass is 413 g/mol. The molecule has 2 aromatic rings. The molecule has 7 nitrogen and oxygen atoms in total. The zero-order valence-corrected chi connectivity index (χ0v) is 17.7. The van der Waals surface area contributed by atoms with Crippen LogP contribution in [0.4, 0.5) is 0 Å². The van der Waals surface area contributed by atoms with E-state index in [9.17, 15) is 14.4 Å². The number of benzene rings is 2. The lowest BCUT2D eigenvalue weighted by Gasteiger charge is -2.29. The van der Waals surface area contributed by atoms with Crippen LogP contribution in [-0.4, -0.2) is 44.2 Å². The Balaban J connectivity index is 2.58. The summed E-state index contributed by atoms with van der Waals surface area (Å²) >= 11 is 0. The second-order valence-corrected chi connectivity index (χ2v) is 6.63. The minimum Gasteiger partial charge on any atom is -0.496 e. The first-order chi connectivity index (χ1) is 14.4. The van der Waals surface area contributed by atoms with Gasteiger partial charge in [0.25, 0.3) is 0 Å². The minimum absolute atomic E-state index is 0.0554. The first kappa shape index (κ1) is 22.9. The molecular weight excluding hydrogens is 386 g/mol. The number of aryl methyl sites for hydroxylation is 1. The van der Waals surface area contributed by atoms with Crippen LogP contribution in [-0.2, 0) is 30.3 Å². The van der Waals surface area contributed by atoms with E-state index in [0.29, 0.717) is 12.0 Å². The highest BCUT2D eigenvalue weighted by molar-refractivity contribution is 6.07. The van der Waals surface area contributed by atoms with Crippen LogP contribution in [0.5, 0.6) is 5.75 Å². The molecule has 2 rings (SSSR count). The van der Waals surface area contributed by atoms with Gasteiger partial charge in [0, 0.05) is 6.42 Å². The second-order valence-electron chi connectivity index (χ2n) is 6.63. The number of carbonyl (C=O) groups excluding carboxylic acids is 3. The van der Waals surface area contributed by atoms with Crippen LogP contribution in [0.3, 0.4) is 0 Å². The number of hydrogen-bond acceptors (Lipinski definition) is 6. The minimum atomic E-state index is -1.98. The lowest BCUT2D eigenvalue weighted by Crippen LogP contribution is -2.61. The van der Waals surface area contributed by atoms with Crippen molar-refractivity contribution < 1.29 is 28.6 Å². The number of amides is 1. The topological polar surface area (TPSA) is 90.9 Å². The van der Waals surface area contributed by atoms with Crippen molar-refractivity contribution in [3.8, 4) is 16.9 Å². The molecule has 1 N–H and O–H groups in total. The summed E-state index contributed by atoms with van der Waals surface area (Å²) in [6.07, 6.45) is 0.193. The van der Waals surface area contributed by atoms with Crippen LogP contribution in [0.25, 0.3) is 11.1 Å². The molecule has 0 aliphatic rings. The Labute approximate surface area is 176 Å². The molecule has 0 heterocycles. The summed E-state index contributed by atoms with van der Waals surface area (Å²) in [5.74, 6) is -0.973. The maximum Gasteiger partial charge on any atom is 0.344 e. The molecule has 0 radical (unpaired) electrons. The molecule has 0 saturated heterocycles. The van der Waals surface area contributed by atoms with Crippen molar-refractivity contribution >= 4 is 18.3 Å². The van der Waals surface area contributed by atoms with Gasteiger partial charge in [0.1, 0.15) is 5.75 Å². The number of rotatable bonds is 10. The van der Waals surface area contributed by atoms with Gasteiger partial charge < -0.3 is 19.5 Å². The fraction of sp³-hybridized carbons (Fsp3) is 0.348. The Bertz CT molecular complexity index is 890. The lowest BCUT2D eigenvalue weighted by molar-refractivity contribution is -0.167. The van der Waals surface area contributed by atoms with Gasteiger partial charge in [-0.3, -0.25) is 4.79 Å². The van der Waals surface area contributed by atoms with Crippen molar-refractivity contribution in [2.45, 2.75) is 32.7 Å². The maximum absolute atomic E-state index is 12.8. The van der Waals surface area contributed by atoms with Crippen molar-refractivity contribution in [3.05, 3.63) is 53.6 Å². The third-order valence-electron chi connectivity index (χ3n) is 4.73. The molecule has 0 aliphatic heterocycles. The predicted molar refractivity (Wildman–Crippen MR) is 112 cm³/mol. The van der Waals surface area contributed by atoms with Crippen LogP contribution in [0.15, 0.2) is 42.5 Å². The number of carbonyl (C=O) groups is 3. The maximum atomic E-state index is 12.8. The van der Waals surface area contributed by atoms with Crippen LogP contribution >= 0.6 is 0 Å². The first-order valence-corrected chi connectivity index (χ1v) is 9.72. The van der Waals surface area contributed by atoms with Crippen LogP contribution in [0.2, 0.25) is 0 Å². The molecule has 160 valence electrons. The molecule has 7 heteroatoms. The smallest absolute Gasteiger partial charge is 0.344 e. The lowest BCUT2D eigenvalue weighted by atomic mass is 9.86. The Morgan fingerprint density at radius 2 is 1.67 bits per heavy atom. The largest absolute Gasteiger partial charge is 0.496 e. The number of nitrogens with one attached hydrogen (secondary N) is 1. The van der Waals surface area contributed by atoms with Gasteiger partial charge in [0.15, 0.2) is 0 Å². The molecule has 0 fully saturated rings. The quantitative estimate of drug-likeness (QED) is 0.366. The van der Waals surface area contributed by atoms with Gasteiger partial charge in [-0.25, -0.2) is 9.59 Å². The standard InChI is InChI=1S/C23H27NO6/c1-5-29-21(26)23(24-15-25,22(27)30-6-2)14-18-9-7-8-10-19(18)17-11-12-20(28-4)16(3)13-17/h7-13,15H,5-6,14H2,1-4H3,(H,24,25). The summed E-state index contributed by atoms with van der Waals surface area (Å²) in [7, 11) is 1.61. The molecule has 0 atom stereocenters. The highest BCUT2D eigenvalue weighted by Gasteiger charge is 2.49. The summed E-state index contributed by atoms with van der Waals surface area (Å²) in [6, 6.07) is 13.1. The number of methoxy groups -OCH3 is 1. The number of ether oxygens (including phenoxy) is 3. The number of esters is 2. The summed E-state index contributed by atoms with van der Waals surface area (Å²) in [5.41, 5.74) is 1.34. The van der Waals surface area contributed by atoms with E-state index in [-0.39, 0.29) is 19.6 Å². The van der Waals surface area contributed by atoms with E-state index in [4.69, 9.17) is 14.2 Å². The van der Waals surface area contributed by atoms with Crippen molar-refractivity contribution in [1.29, 1.82) is 0 Å². The van der Waals surface area contributed by atoms with E-state index in [0.717, 1.165) is 22.4 Å². The average Bonchev–Trinajstić information content (AvgIpc) is 2.74. The molecule has 0 unspecified atom stereocenters. The van der Waals surface area contributed by atoms with Crippen molar-refractivity contribution in [1.82, 2.24) is 5.32 Å². The third-order valence-corrected chi connectivity index (χ3v) is 4.73. The molecular formula is C23H27NO6. The summed E-state index contributed by atoms with van der Waals surface area (Å²) in [5, 5.41) is 2.37. The molecule has 2 aromatic carbocycles. The number of hydrogen-bond donors (Lipinski definition) is 1. The first-order valence-electron chi connectivity index (χ1n) is 9.72. The molecule has 1 amide bonds. The normalized spacial score (nSPS) is 10.8. The van der Waals surface area contributed by atoms with Crippen molar-refractivity contribution in [2.24, 2.45) is 0 Å². The van der Waals surface area contributed by atoms with E-state index in [2.05, 4.69) is 5.32 Å². The fourth-order valence-electron chi connectivity index (χ4n) is 3.29. The van der Waals surface area contributed by atoms with Crippen LogP contribution in [0.1, 0.15) is 25.0 Å². The van der Waals surface area contributed by atoms with E-state index >= 15 is 0 Å². The fourth-order valence-corrected chi connectivity index (χ4v) is 3.29. The van der Waals surface area contributed by atoms with E-state index in [1.54, 1.807) is 33.1 Å². The van der Waals surface area contributed by atoms with Crippen LogP contribution < -0.4 is 10.1 Å². The Morgan fingerprint density at radius 3 is 2.20 bits per heavy atom. The predicted octanol–water partition coefficient (Wildman–Crippen LogP) is 2.82. The van der Waals surface area contributed by atoms with Gasteiger partial charge in [-0.2, -0.15) is 0 Å². The highest BCUT2D eigenvalue weighted by atomic mass is 16.6. The van der Waals surface area contributed by atoms with Gasteiger partial charge in [-0.15, -0.1) is 0 Å². The van der Waals surface area contributed by atoms with Gasteiger partial charge >= 0.3 is 11.9 Å². The highest BCUT2D eigenvalue weighted by Crippen LogP contribution is 2.31. The Hall–Kier alpha value is -3.35.